The van der Waals surface area contributed by atoms with Crippen molar-refractivity contribution >= 4 is 27.3 Å². The molecule has 1 aromatic heterocycles. The Bertz CT molecular complexity index is 842. The second-order valence-electron chi connectivity index (χ2n) is 6.45. The first-order valence-corrected chi connectivity index (χ1v) is 10.7. The molecule has 1 aromatic carbocycles. The zero-order valence-corrected chi connectivity index (χ0v) is 17.1. The van der Waals surface area contributed by atoms with Gasteiger partial charge in [0, 0.05) is 11.9 Å². The summed E-state index contributed by atoms with van der Waals surface area (Å²) in [5.41, 5.74) is 1.20. The fourth-order valence-electron chi connectivity index (χ4n) is 2.28. The number of aromatic nitrogens is 1. The third-order valence-corrected chi connectivity index (χ3v) is 6.57. The highest BCUT2D eigenvalue weighted by Gasteiger charge is 2.26. The van der Waals surface area contributed by atoms with Crippen molar-refractivity contribution in [3.63, 3.8) is 0 Å². The maximum Gasteiger partial charge on any atom is 0.357 e. The minimum absolute atomic E-state index is 0.130. The summed E-state index contributed by atoms with van der Waals surface area (Å²) in [6.45, 7) is 6.54. The number of methoxy groups -OCH3 is 1. The van der Waals surface area contributed by atoms with E-state index in [1.54, 1.807) is 29.6 Å². The van der Waals surface area contributed by atoms with Gasteiger partial charge < -0.3 is 4.74 Å². The van der Waals surface area contributed by atoms with Crippen LogP contribution in [0, 0.1) is 12.8 Å². The maximum absolute atomic E-state index is 13.1. The van der Waals surface area contributed by atoms with E-state index >= 15 is 0 Å². The average Bonchev–Trinajstić information content (AvgIpc) is 3.06. The van der Waals surface area contributed by atoms with Gasteiger partial charge in [0.1, 0.15) is 5.01 Å². The number of nitrogens with zero attached hydrogens (tertiary/aromatic N) is 2. The van der Waals surface area contributed by atoms with Crippen LogP contribution in [0.3, 0.4) is 0 Å². The quantitative estimate of drug-likeness (QED) is 0.639. The van der Waals surface area contributed by atoms with Crippen molar-refractivity contribution in [2.45, 2.75) is 38.6 Å². The van der Waals surface area contributed by atoms with Crippen LogP contribution in [0.15, 0.2) is 34.5 Å². The first kappa shape index (κ1) is 20.5. The Labute approximate surface area is 158 Å². The summed E-state index contributed by atoms with van der Waals surface area (Å²) in [6, 6.07) is 6.81. The largest absolute Gasteiger partial charge is 0.464 e. The summed E-state index contributed by atoms with van der Waals surface area (Å²) in [6.07, 6.45) is 0.736. The monoisotopic (exact) mass is 396 g/mol. The van der Waals surface area contributed by atoms with Crippen LogP contribution in [-0.2, 0) is 21.3 Å². The summed E-state index contributed by atoms with van der Waals surface area (Å²) in [4.78, 5) is 16.0. The van der Waals surface area contributed by atoms with E-state index in [1.165, 1.54) is 22.8 Å². The van der Waals surface area contributed by atoms with Gasteiger partial charge in [-0.3, -0.25) is 0 Å². The van der Waals surface area contributed by atoms with E-state index in [1.807, 2.05) is 6.92 Å². The van der Waals surface area contributed by atoms with Gasteiger partial charge in [-0.25, -0.2) is 18.2 Å². The number of carbonyl (C=O) groups is 1. The van der Waals surface area contributed by atoms with E-state index < -0.39 is 16.0 Å². The number of ether oxygens (including phenoxy) is 1. The van der Waals surface area contributed by atoms with Crippen molar-refractivity contribution in [1.29, 1.82) is 0 Å². The predicted octanol–water partition coefficient (Wildman–Crippen LogP) is 3.48. The van der Waals surface area contributed by atoms with E-state index in [0.29, 0.717) is 17.5 Å². The van der Waals surface area contributed by atoms with E-state index in [4.69, 9.17) is 0 Å². The van der Waals surface area contributed by atoms with E-state index in [-0.39, 0.29) is 17.1 Å². The Hall–Kier alpha value is -1.77. The number of rotatable bonds is 8. The number of benzene rings is 1. The minimum atomic E-state index is -3.64. The van der Waals surface area contributed by atoms with Gasteiger partial charge in [-0.15, -0.1) is 11.3 Å². The van der Waals surface area contributed by atoms with Gasteiger partial charge in [-0.1, -0.05) is 31.5 Å². The molecule has 0 amide bonds. The number of aryl methyl sites for hydroxylation is 1. The summed E-state index contributed by atoms with van der Waals surface area (Å²) in [7, 11) is -2.35. The molecule has 142 valence electrons. The molecule has 6 nitrogen and oxygen atoms in total. The van der Waals surface area contributed by atoms with Gasteiger partial charge in [-0.2, -0.15) is 4.31 Å². The normalized spacial score (nSPS) is 11.9. The first-order valence-electron chi connectivity index (χ1n) is 8.33. The number of esters is 1. The summed E-state index contributed by atoms with van der Waals surface area (Å²) in [5, 5.41) is 2.14. The van der Waals surface area contributed by atoms with Crippen LogP contribution in [0.2, 0.25) is 0 Å². The summed E-state index contributed by atoms with van der Waals surface area (Å²) >= 11 is 1.25. The van der Waals surface area contributed by atoms with Crippen LogP contribution in [0.5, 0.6) is 0 Å². The third-order valence-electron chi connectivity index (χ3n) is 3.87. The molecule has 0 aliphatic rings. The number of carbonyl (C=O) groups excluding carboxylic acids is 1. The molecule has 0 saturated heterocycles. The van der Waals surface area contributed by atoms with Crippen molar-refractivity contribution in [2.75, 3.05) is 13.7 Å². The van der Waals surface area contributed by atoms with E-state index in [9.17, 15) is 13.2 Å². The second kappa shape index (κ2) is 8.75. The van der Waals surface area contributed by atoms with Crippen molar-refractivity contribution in [1.82, 2.24) is 9.29 Å². The lowest BCUT2D eigenvalue weighted by Gasteiger charge is -2.22. The Morgan fingerprint density at radius 3 is 2.50 bits per heavy atom. The lowest BCUT2D eigenvalue weighted by Crippen LogP contribution is -2.32. The highest BCUT2D eigenvalue weighted by molar-refractivity contribution is 7.89. The molecule has 0 aliphatic carbocycles. The van der Waals surface area contributed by atoms with Crippen LogP contribution in [0.1, 0.15) is 41.3 Å². The second-order valence-corrected chi connectivity index (χ2v) is 9.33. The number of hydrogen-bond acceptors (Lipinski definition) is 6. The van der Waals surface area contributed by atoms with Gasteiger partial charge in [-0.05, 0) is 31.4 Å². The predicted molar refractivity (Wildman–Crippen MR) is 102 cm³/mol. The number of sulfonamides is 1. The van der Waals surface area contributed by atoms with Crippen molar-refractivity contribution < 1.29 is 17.9 Å². The molecule has 0 atom stereocenters. The zero-order valence-electron chi connectivity index (χ0n) is 15.4. The Kier molecular flexibility index (Phi) is 6.91. The van der Waals surface area contributed by atoms with Crippen molar-refractivity contribution in [2.24, 2.45) is 5.92 Å². The van der Waals surface area contributed by atoms with Crippen LogP contribution in [0.4, 0.5) is 0 Å². The maximum atomic E-state index is 13.1. The Morgan fingerprint density at radius 2 is 1.92 bits per heavy atom. The smallest absolute Gasteiger partial charge is 0.357 e. The third kappa shape index (κ3) is 5.12. The fourth-order valence-corrected chi connectivity index (χ4v) is 4.55. The lowest BCUT2D eigenvalue weighted by molar-refractivity contribution is 0.0594. The first-order chi connectivity index (χ1) is 12.2. The highest BCUT2D eigenvalue weighted by Crippen LogP contribution is 2.22. The number of hydrogen-bond donors (Lipinski definition) is 0. The molecule has 0 aliphatic heterocycles. The van der Waals surface area contributed by atoms with Gasteiger partial charge in [0.25, 0.3) is 0 Å². The minimum Gasteiger partial charge on any atom is -0.464 e. The van der Waals surface area contributed by atoms with E-state index in [2.05, 4.69) is 23.6 Å². The van der Waals surface area contributed by atoms with Crippen LogP contribution in [0.25, 0.3) is 0 Å². The molecular weight excluding hydrogens is 372 g/mol. The highest BCUT2D eigenvalue weighted by atomic mass is 32.2. The van der Waals surface area contributed by atoms with Gasteiger partial charge in [0.2, 0.25) is 10.0 Å². The van der Waals surface area contributed by atoms with Gasteiger partial charge >= 0.3 is 5.97 Å². The van der Waals surface area contributed by atoms with Crippen LogP contribution < -0.4 is 0 Å². The molecular formula is C18H24N2O4S2. The SMILES string of the molecule is COC(=O)c1csc(CN(CCC(C)C)S(=O)(=O)c2ccc(C)cc2)n1. The topological polar surface area (TPSA) is 76.6 Å². The molecule has 0 unspecified atom stereocenters. The zero-order chi connectivity index (χ0) is 19.3. The molecule has 0 fully saturated rings. The summed E-state index contributed by atoms with van der Waals surface area (Å²) < 4.78 is 32.2. The molecule has 0 spiro atoms. The lowest BCUT2D eigenvalue weighted by atomic mass is 10.1. The Morgan fingerprint density at radius 1 is 1.27 bits per heavy atom. The molecule has 2 rings (SSSR count). The van der Waals surface area contributed by atoms with Crippen molar-refractivity contribution in [3.05, 3.63) is 45.9 Å². The molecule has 1 heterocycles. The van der Waals surface area contributed by atoms with Crippen LogP contribution >= 0.6 is 11.3 Å². The standard InChI is InChI=1S/C18H24N2O4S2/c1-13(2)9-10-20(11-17-19-16(12-25-17)18(21)24-4)26(22,23)15-7-5-14(3)6-8-15/h5-8,12-13H,9-11H2,1-4H3. The van der Waals surface area contributed by atoms with Gasteiger partial charge in [0.05, 0.1) is 18.6 Å². The Balaban J connectivity index is 2.29. The molecule has 0 saturated carbocycles. The summed E-state index contributed by atoms with van der Waals surface area (Å²) in [5.74, 6) is -0.157. The molecule has 0 bridgehead atoms. The molecule has 0 radical (unpaired) electrons. The molecule has 8 heteroatoms. The van der Waals surface area contributed by atoms with Crippen molar-refractivity contribution in [3.8, 4) is 0 Å². The number of thiazole rings is 1. The molecule has 2 aromatic rings. The van der Waals surface area contributed by atoms with Gasteiger partial charge in [0.15, 0.2) is 5.69 Å². The average molecular weight is 397 g/mol. The molecule has 26 heavy (non-hydrogen) atoms. The fraction of sp³-hybridized carbons (Fsp3) is 0.444. The van der Waals surface area contributed by atoms with E-state index in [0.717, 1.165) is 12.0 Å². The van der Waals surface area contributed by atoms with Crippen LogP contribution in [-0.4, -0.2) is 37.3 Å². The molecule has 0 N–H and O–H groups in total.